The molecule has 0 radical (unpaired) electrons. The van der Waals surface area contributed by atoms with Crippen LogP contribution in [0.3, 0.4) is 0 Å². The minimum atomic E-state index is -0.495. The van der Waals surface area contributed by atoms with E-state index in [0.29, 0.717) is 29.2 Å². The Kier molecular flexibility index (Phi) is 5.48. The Morgan fingerprint density at radius 1 is 0.867 bits per heavy atom. The van der Waals surface area contributed by atoms with E-state index in [1.54, 1.807) is 60.7 Å². The number of ether oxygens (including phenoxy) is 1. The van der Waals surface area contributed by atoms with E-state index in [4.69, 9.17) is 10.5 Å². The highest BCUT2D eigenvalue weighted by Gasteiger charge is 2.33. The average Bonchev–Trinajstić information content (AvgIpc) is 3.59. The number of halogens is 1. The van der Waals surface area contributed by atoms with Gasteiger partial charge in [0.25, 0.3) is 5.91 Å². The van der Waals surface area contributed by atoms with Crippen molar-refractivity contribution in [2.75, 3.05) is 0 Å². The Morgan fingerprint density at radius 2 is 1.40 bits per heavy atom. The summed E-state index contributed by atoms with van der Waals surface area (Å²) in [6, 6.07) is 19.9. The molecule has 1 saturated carbocycles. The molecule has 0 spiro atoms. The lowest BCUT2D eigenvalue weighted by Gasteiger charge is -2.23. The third-order valence-corrected chi connectivity index (χ3v) is 4.99. The lowest BCUT2D eigenvalue weighted by atomic mass is 10.1. The van der Waals surface area contributed by atoms with Crippen LogP contribution in [-0.2, 0) is 6.54 Å². The van der Waals surface area contributed by atoms with E-state index >= 15 is 0 Å². The maximum atomic E-state index is 13.2. The highest BCUT2D eigenvalue weighted by molar-refractivity contribution is 5.95. The first-order chi connectivity index (χ1) is 14.5. The van der Waals surface area contributed by atoms with Crippen molar-refractivity contribution in [3.05, 3.63) is 95.3 Å². The summed E-state index contributed by atoms with van der Waals surface area (Å²) in [6.45, 7) is 0.453. The second-order valence-electron chi connectivity index (χ2n) is 7.31. The van der Waals surface area contributed by atoms with Gasteiger partial charge in [0.15, 0.2) is 0 Å². The van der Waals surface area contributed by atoms with Gasteiger partial charge in [-0.05, 0) is 79.1 Å². The van der Waals surface area contributed by atoms with Gasteiger partial charge in [-0.1, -0.05) is 12.1 Å². The standard InChI is InChI=1S/C24H21FN2O3/c25-19-7-1-16(2-8-19)15-27(20-9-10-20)24(29)18-5-13-22(14-6-18)30-21-11-3-17(4-12-21)23(26)28/h1-8,11-14,20H,9-10,15H2,(H2,26,28). The van der Waals surface area contributed by atoms with Crippen LogP contribution >= 0.6 is 0 Å². The molecule has 1 aliphatic carbocycles. The Morgan fingerprint density at radius 3 is 1.90 bits per heavy atom. The first-order valence-electron chi connectivity index (χ1n) is 9.73. The fraction of sp³-hybridized carbons (Fsp3) is 0.167. The van der Waals surface area contributed by atoms with Crippen LogP contribution in [0.1, 0.15) is 39.1 Å². The minimum absolute atomic E-state index is 0.0563. The van der Waals surface area contributed by atoms with Gasteiger partial charge in [0, 0.05) is 23.7 Å². The SMILES string of the molecule is NC(=O)c1ccc(Oc2ccc(C(=O)N(Cc3ccc(F)cc3)C3CC3)cc2)cc1. The zero-order valence-corrected chi connectivity index (χ0v) is 16.3. The van der Waals surface area contributed by atoms with Crippen molar-refractivity contribution >= 4 is 11.8 Å². The molecular weight excluding hydrogens is 383 g/mol. The zero-order valence-electron chi connectivity index (χ0n) is 16.3. The number of carbonyl (C=O) groups is 2. The van der Waals surface area contributed by atoms with E-state index in [0.717, 1.165) is 18.4 Å². The fourth-order valence-electron chi connectivity index (χ4n) is 3.19. The summed E-state index contributed by atoms with van der Waals surface area (Å²) in [4.78, 5) is 26.0. The van der Waals surface area contributed by atoms with Gasteiger partial charge in [0.1, 0.15) is 17.3 Å². The lowest BCUT2D eigenvalue weighted by Crippen LogP contribution is -2.32. The van der Waals surface area contributed by atoms with Crippen molar-refractivity contribution in [2.45, 2.75) is 25.4 Å². The smallest absolute Gasteiger partial charge is 0.254 e. The molecule has 0 heterocycles. The summed E-state index contributed by atoms with van der Waals surface area (Å²) in [5.74, 6) is 0.303. The summed E-state index contributed by atoms with van der Waals surface area (Å²) < 4.78 is 18.9. The van der Waals surface area contributed by atoms with Crippen molar-refractivity contribution < 1.29 is 18.7 Å². The molecule has 2 N–H and O–H groups in total. The molecule has 0 bridgehead atoms. The van der Waals surface area contributed by atoms with Gasteiger partial charge in [0.2, 0.25) is 5.91 Å². The largest absolute Gasteiger partial charge is 0.457 e. The summed E-state index contributed by atoms with van der Waals surface area (Å²) in [5, 5.41) is 0. The first kappa shape index (κ1) is 19.6. The highest BCUT2D eigenvalue weighted by atomic mass is 19.1. The monoisotopic (exact) mass is 404 g/mol. The van der Waals surface area contributed by atoms with Crippen LogP contribution in [0.25, 0.3) is 0 Å². The van der Waals surface area contributed by atoms with Gasteiger partial charge >= 0.3 is 0 Å². The molecule has 0 aromatic heterocycles. The van der Waals surface area contributed by atoms with Crippen molar-refractivity contribution in [3.63, 3.8) is 0 Å². The number of benzene rings is 3. The maximum absolute atomic E-state index is 13.2. The van der Waals surface area contributed by atoms with Crippen LogP contribution in [0, 0.1) is 5.82 Å². The molecule has 3 aromatic carbocycles. The summed E-state index contributed by atoms with van der Waals surface area (Å²) in [7, 11) is 0. The van der Waals surface area contributed by atoms with Crippen molar-refractivity contribution in [2.24, 2.45) is 5.73 Å². The van der Waals surface area contributed by atoms with Crippen LogP contribution < -0.4 is 10.5 Å². The minimum Gasteiger partial charge on any atom is -0.457 e. The molecule has 6 heteroatoms. The van der Waals surface area contributed by atoms with E-state index in [1.165, 1.54) is 12.1 Å². The average molecular weight is 404 g/mol. The van der Waals surface area contributed by atoms with Crippen molar-refractivity contribution in [3.8, 4) is 11.5 Å². The predicted molar refractivity (Wildman–Crippen MR) is 111 cm³/mol. The van der Waals surface area contributed by atoms with E-state index in [1.807, 2.05) is 4.90 Å². The maximum Gasteiger partial charge on any atom is 0.254 e. The van der Waals surface area contributed by atoms with E-state index in [-0.39, 0.29) is 17.8 Å². The van der Waals surface area contributed by atoms with E-state index in [9.17, 15) is 14.0 Å². The Balaban J connectivity index is 1.44. The second kappa shape index (κ2) is 8.37. The number of primary amides is 1. The zero-order chi connectivity index (χ0) is 21.1. The molecule has 0 saturated heterocycles. The summed E-state index contributed by atoms with van der Waals surface area (Å²) in [6.07, 6.45) is 1.96. The lowest BCUT2D eigenvalue weighted by molar-refractivity contribution is 0.0729. The molecule has 1 fully saturated rings. The normalized spacial score (nSPS) is 13.0. The number of hydrogen-bond acceptors (Lipinski definition) is 3. The van der Waals surface area contributed by atoms with E-state index < -0.39 is 5.91 Å². The summed E-state index contributed by atoms with van der Waals surface area (Å²) in [5.41, 5.74) is 7.11. The number of nitrogens with two attached hydrogens (primary N) is 1. The molecule has 2 amide bonds. The predicted octanol–water partition coefficient (Wildman–Crippen LogP) is 4.52. The van der Waals surface area contributed by atoms with Gasteiger partial charge in [-0.2, -0.15) is 0 Å². The Bertz CT molecular complexity index is 1040. The van der Waals surface area contributed by atoms with Gasteiger partial charge in [-0.3, -0.25) is 9.59 Å². The molecule has 1 aliphatic rings. The van der Waals surface area contributed by atoms with Crippen LogP contribution in [0.2, 0.25) is 0 Å². The number of carbonyl (C=O) groups excluding carboxylic acids is 2. The highest BCUT2D eigenvalue weighted by Crippen LogP contribution is 2.30. The first-order valence-corrected chi connectivity index (χ1v) is 9.73. The van der Waals surface area contributed by atoms with Gasteiger partial charge in [-0.15, -0.1) is 0 Å². The fourth-order valence-corrected chi connectivity index (χ4v) is 3.19. The second-order valence-corrected chi connectivity index (χ2v) is 7.31. The number of amides is 2. The van der Waals surface area contributed by atoms with Crippen molar-refractivity contribution in [1.82, 2.24) is 4.90 Å². The molecule has 5 nitrogen and oxygen atoms in total. The van der Waals surface area contributed by atoms with Crippen LogP contribution in [-0.4, -0.2) is 22.8 Å². The molecule has 0 unspecified atom stereocenters. The van der Waals surface area contributed by atoms with Gasteiger partial charge in [0.05, 0.1) is 0 Å². The summed E-state index contributed by atoms with van der Waals surface area (Å²) >= 11 is 0. The third kappa shape index (κ3) is 4.66. The Hall–Kier alpha value is -3.67. The quantitative estimate of drug-likeness (QED) is 0.629. The molecule has 3 aromatic rings. The topological polar surface area (TPSA) is 72.6 Å². The molecule has 30 heavy (non-hydrogen) atoms. The molecule has 0 aliphatic heterocycles. The van der Waals surface area contributed by atoms with Crippen LogP contribution in [0.5, 0.6) is 11.5 Å². The van der Waals surface area contributed by atoms with Gasteiger partial charge < -0.3 is 15.4 Å². The molecule has 4 rings (SSSR count). The van der Waals surface area contributed by atoms with Crippen molar-refractivity contribution in [1.29, 1.82) is 0 Å². The van der Waals surface area contributed by atoms with Gasteiger partial charge in [-0.25, -0.2) is 4.39 Å². The third-order valence-electron chi connectivity index (χ3n) is 4.99. The number of hydrogen-bond donors (Lipinski definition) is 1. The van der Waals surface area contributed by atoms with E-state index in [2.05, 4.69) is 0 Å². The van der Waals surface area contributed by atoms with Crippen LogP contribution in [0.15, 0.2) is 72.8 Å². The number of rotatable bonds is 7. The molecule has 0 atom stereocenters. The number of nitrogens with zero attached hydrogens (tertiary/aromatic N) is 1. The Labute approximate surface area is 173 Å². The molecular formula is C24H21FN2O3. The molecule has 152 valence electrons. The van der Waals surface area contributed by atoms with Crippen LogP contribution in [0.4, 0.5) is 4.39 Å².